The van der Waals surface area contributed by atoms with Gasteiger partial charge in [0.1, 0.15) is 10.8 Å². The van der Waals surface area contributed by atoms with Crippen molar-refractivity contribution in [3.63, 3.8) is 0 Å². The van der Waals surface area contributed by atoms with Crippen LogP contribution in [-0.4, -0.2) is 18.4 Å². The molecular formula is C24H34N2O3S. The molecule has 0 saturated carbocycles. The summed E-state index contributed by atoms with van der Waals surface area (Å²) in [6, 6.07) is 6.15. The monoisotopic (exact) mass is 430 g/mol. The van der Waals surface area contributed by atoms with E-state index >= 15 is 0 Å². The summed E-state index contributed by atoms with van der Waals surface area (Å²) >= 11 is 1.37. The highest BCUT2D eigenvalue weighted by molar-refractivity contribution is 7.16. The molecule has 0 saturated heterocycles. The van der Waals surface area contributed by atoms with Crippen LogP contribution >= 0.6 is 11.3 Å². The number of amides is 2. The summed E-state index contributed by atoms with van der Waals surface area (Å²) in [5, 5.41) is 3.30. The minimum Gasteiger partial charge on any atom is -0.483 e. The van der Waals surface area contributed by atoms with Gasteiger partial charge in [-0.05, 0) is 46.9 Å². The van der Waals surface area contributed by atoms with Crippen LogP contribution in [0.2, 0.25) is 0 Å². The van der Waals surface area contributed by atoms with Crippen molar-refractivity contribution in [3.05, 3.63) is 45.3 Å². The van der Waals surface area contributed by atoms with Gasteiger partial charge in [-0.15, -0.1) is 11.3 Å². The normalized spacial score (nSPS) is 12.0. The molecule has 164 valence electrons. The Morgan fingerprint density at radius 2 is 1.73 bits per heavy atom. The summed E-state index contributed by atoms with van der Waals surface area (Å²) in [6.07, 6.45) is 0.683. The molecule has 0 spiro atoms. The van der Waals surface area contributed by atoms with E-state index in [0.717, 1.165) is 16.0 Å². The van der Waals surface area contributed by atoms with Crippen LogP contribution in [0.5, 0.6) is 5.75 Å². The van der Waals surface area contributed by atoms with Gasteiger partial charge in [0.2, 0.25) is 0 Å². The predicted octanol–water partition coefficient (Wildman–Crippen LogP) is 5.33. The van der Waals surface area contributed by atoms with Crippen molar-refractivity contribution in [1.29, 1.82) is 0 Å². The molecule has 1 aromatic heterocycles. The third-order valence-corrected chi connectivity index (χ3v) is 6.14. The van der Waals surface area contributed by atoms with Crippen LogP contribution in [0.1, 0.15) is 80.4 Å². The minimum atomic E-state index is -0.528. The molecule has 0 atom stereocenters. The molecule has 5 nitrogen and oxygen atoms in total. The van der Waals surface area contributed by atoms with Gasteiger partial charge >= 0.3 is 0 Å². The van der Waals surface area contributed by atoms with E-state index in [4.69, 9.17) is 10.5 Å². The van der Waals surface area contributed by atoms with Crippen LogP contribution in [0.3, 0.4) is 0 Å². The van der Waals surface area contributed by atoms with Crippen molar-refractivity contribution in [1.82, 2.24) is 0 Å². The maximum absolute atomic E-state index is 12.6. The molecule has 6 heteroatoms. The fourth-order valence-corrected chi connectivity index (χ4v) is 4.53. The van der Waals surface area contributed by atoms with Crippen molar-refractivity contribution >= 4 is 28.2 Å². The molecule has 0 fully saturated rings. The van der Waals surface area contributed by atoms with E-state index in [0.29, 0.717) is 22.7 Å². The Balaban J connectivity index is 2.22. The summed E-state index contributed by atoms with van der Waals surface area (Å²) in [7, 11) is 0. The zero-order valence-electron chi connectivity index (χ0n) is 19.4. The summed E-state index contributed by atoms with van der Waals surface area (Å²) in [5.74, 6) is -0.154. The van der Waals surface area contributed by atoms with Crippen LogP contribution < -0.4 is 15.8 Å². The van der Waals surface area contributed by atoms with Crippen LogP contribution in [-0.2, 0) is 22.0 Å². The van der Waals surface area contributed by atoms with Crippen molar-refractivity contribution in [2.75, 3.05) is 11.9 Å². The zero-order chi connectivity index (χ0) is 22.9. The van der Waals surface area contributed by atoms with Crippen LogP contribution in [0, 0.1) is 6.92 Å². The lowest BCUT2D eigenvalue weighted by atomic mass is 9.80. The zero-order valence-corrected chi connectivity index (χ0v) is 20.2. The number of ether oxygens (including phenoxy) is 1. The molecule has 0 bridgehead atoms. The molecule has 2 aromatic rings. The predicted molar refractivity (Wildman–Crippen MR) is 125 cm³/mol. The molecule has 0 radical (unpaired) electrons. The van der Waals surface area contributed by atoms with Gasteiger partial charge in [-0.3, -0.25) is 9.59 Å². The fraction of sp³-hybridized carbons (Fsp3) is 0.500. The number of aryl methyl sites for hydroxylation is 1. The van der Waals surface area contributed by atoms with Crippen molar-refractivity contribution in [2.24, 2.45) is 5.73 Å². The van der Waals surface area contributed by atoms with Crippen LogP contribution in [0.25, 0.3) is 0 Å². The van der Waals surface area contributed by atoms with E-state index in [-0.39, 0.29) is 23.3 Å². The Morgan fingerprint density at radius 3 is 2.23 bits per heavy atom. The molecule has 2 rings (SSSR count). The molecule has 3 N–H and O–H groups in total. The van der Waals surface area contributed by atoms with E-state index < -0.39 is 5.91 Å². The lowest BCUT2D eigenvalue weighted by Crippen LogP contribution is -2.24. The molecule has 0 aliphatic heterocycles. The second-order valence-corrected chi connectivity index (χ2v) is 10.8. The Bertz CT molecular complexity index is 947. The standard InChI is InChI=1S/C24H34N2O3S/c1-9-16-14(2)30-22(20(16)21(25)28)26-19(27)13-29-18-11-10-15(23(3,4)5)12-17(18)24(6,7)8/h10-12H,9,13H2,1-8H3,(H2,25,28)(H,26,27). The van der Waals surface area contributed by atoms with Crippen molar-refractivity contribution in [3.8, 4) is 5.75 Å². The third-order valence-electron chi connectivity index (χ3n) is 5.07. The Kier molecular flexibility index (Phi) is 7.02. The first-order valence-corrected chi connectivity index (χ1v) is 11.1. The highest BCUT2D eigenvalue weighted by Crippen LogP contribution is 2.36. The number of carbonyl (C=O) groups is 2. The average Bonchev–Trinajstić information content (AvgIpc) is 2.93. The number of rotatable bonds is 6. The second kappa shape index (κ2) is 8.80. The van der Waals surface area contributed by atoms with E-state index in [9.17, 15) is 9.59 Å². The maximum Gasteiger partial charge on any atom is 0.262 e. The number of hydrogen-bond donors (Lipinski definition) is 2. The van der Waals surface area contributed by atoms with Crippen LogP contribution in [0.4, 0.5) is 5.00 Å². The first-order chi connectivity index (χ1) is 13.8. The average molecular weight is 431 g/mol. The molecule has 0 aliphatic carbocycles. The smallest absolute Gasteiger partial charge is 0.262 e. The second-order valence-electron chi connectivity index (χ2n) is 9.61. The lowest BCUT2D eigenvalue weighted by Gasteiger charge is -2.27. The van der Waals surface area contributed by atoms with E-state index in [1.54, 1.807) is 0 Å². The lowest BCUT2D eigenvalue weighted by molar-refractivity contribution is -0.118. The highest BCUT2D eigenvalue weighted by Gasteiger charge is 2.24. The Morgan fingerprint density at radius 1 is 1.10 bits per heavy atom. The van der Waals surface area contributed by atoms with Gasteiger partial charge in [0.05, 0.1) is 5.56 Å². The summed E-state index contributed by atoms with van der Waals surface area (Å²) in [4.78, 5) is 25.4. The molecular weight excluding hydrogens is 396 g/mol. The van der Waals surface area contributed by atoms with Gasteiger partial charge < -0.3 is 15.8 Å². The number of hydrogen-bond acceptors (Lipinski definition) is 4. The molecule has 2 amide bonds. The number of thiophene rings is 1. The van der Waals surface area contributed by atoms with E-state index in [1.165, 1.54) is 16.9 Å². The molecule has 1 aromatic carbocycles. The minimum absolute atomic E-state index is 0.0229. The number of anilines is 1. The molecule has 0 unspecified atom stereocenters. The van der Waals surface area contributed by atoms with Gasteiger partial charge in [-0.25, -0.2) is 0 Å². The summed E-state index contributed by atoms with van der Waals surface area (Å²) in [6.45, 7) is 16.6. The number of carbonyl (C=O) groups excluding carboxylic acids is 2. The topological polar surface area (TPSA) is 81.4 Å². The van der Waals surface area contributed by atoms with Crippen LogP contribution in [0.15, 0.2) is 18.2 Å². The van der Waals surface area contributed by atoms with Crippen molar-refractivity contribution < 1.29 is 14.3 Å². The van der Waals surface area contributed by atoms with Gasteiger partial charge in [0.25, 0.3) is 11.8 Å². The summed E-state index contributed by atoms with van der Waals surface area (Å²) < 4.78 is 5.91. The maximum atomic E-state index is 12.6. The number of primary amides is 1. The summed E-state index contributed by atoms with van der Waals surface area (Å²) in [5.41, 5.74) is 9.00. The third kappa shape index (κ3) is 5.42. The molecule has 30 heavy (non-hydrogen) atoms. The molecule has 0 aliphatic rings. The van der Waals surface area contributed by atoms with Gasteiger partial charge in [0, 0.05) is 4.88 Å². The largest absolute Gasteiger partial charge is 0.483 e. The number of nitrogens with two attached hydrogens (primary N) is 1. The molecule has 1 heterocycles. The highest BCUT2D eigenvalue weighted by atomic mass is 32.1. The SMILES string of the molecule is CCc1c(C)sc(NC(=O)COc2ccc(C(C)(C)C)cc2C(C)(C)C)c1C(N)=O. The first kappa shape index (κ1) is 23.9. The Labute approximate surface area is 184 Å². The first-order valence-electron chi connectivity index (χ1n) is 10.3. The van der Waals surface area contributed by atoms with Crippen molar-refractivity contribution in [2.45, 2.75) is 72.6 Å². The quantitative estimate of drug-likeness (QED) is 0.650. The fourth-order valence-electron chi connectivity index (χ4n) is 3.37. The Hall–Kier alpha value is -2.34. The van der Waals surface area contributed by atoms with Gasteiger partial charge in [-0.1, -0.05) is 60.6 Å². The number of nitrogens with one attached hydrogen (secondary N) is 1. The van der Waals surface area contributed by atoms with E-state index in [1.807, 2.05) is 26.0 Å². The van der Waals surface area contributed by atoms with Gasteiger partial charge in [0.15, 0.2) is 6.61 Å². The van der Waals surface area contributed by atoms with E-state index in [2.05, 4.69) is 52.9 Å². The number of benzene rings is 1. The van der Waals surface area contributed by atoms with Gasteiger partial charge in [-0.2, -0.15) is 0 Å².